The van der Waals surface area contributed by atoms with Gasteiger partial charge in [-0.05, 0) is 36.2 Å². The number of halogens is 1. The number of rotatable bonds is 9. The second-order valence-corrected chi connectivity index (χ2v) is 9.59. The van der Waals surface area contributed by atoms with Crippen LogP contribution in [-0.4, -0.2) is 41.1 Å². The quantitative estimate of drug-likeness (QED) is 0.352. The minimum absolute atomic E-state index is 0.0677. The van der Waals surface area contributed by atoms with Crippen LogP contribution in [-0.2, 0) is 4.74 Å². The monoisotopic (exact) mass is 451 g/mol. The van der Waals surface area contributed by atoms with Crippen LogP contribution in [0.3, 0.4) is 0 Å². The van der Waals surface area contributed by atoms with Gasteiger partial charge < -0.3 is 14.6 Å². The summed E-state index contributed by atoms with van der Waals surface area (Å²) in [4.78, 5) is 16.8. The predicted octanol–water partition coefficient (Wildman–Crippen LogP) is 5.29. The number of carbonyl (C=O) groups is 1. The van der Waals surface area contributed by atoms with E-state index in [1.54, 1.807) is 35.6 Å². The first-order valence-electron chi connectivity index (χ1n) is 9.18. The van der Waals surface area contributed by atoms with Crippen molar-refractivity contribution in [3.05, 3.63) is 53.1 Å². The molecule has 5 nitrogen and oxygen atoms in total. The van der Waals surface area contributed by atoms with Crippen molar-refractivity contribution in [1.82, 2.24) is 4.98 Å². The number of esters is 1. The zero-order valence-corrected chi connectivity index (χ0v) is 18.5. The molecule has 0 fully saturated rings. The molecule has 0 saturated carbocycles. The highest BCUT2D eigenvalue weighted by atomic mass is 35.5. The van der Waals surface area contributed by atoms with Crippen LogP contribution in [0.25, 0.3) is 10.2 Å². The SMILES string of the molecule is CC(C)COC(=O)c1ccccc1OCC(O)CSc1nc2cc(Cl)ccc2s1. The van der Waals surface area contributed by atoms with Crippen LogP contribution in [0.5, 0.6) is 5.75 Å². The van der Waals surface area contributed by atoms with Crippen molar-refractivity contribution in [2.75, 3.05) is 19.0 Å². The summed E-state index contributed by atoms with van der Waals surface area (Å²) in [5.41, 5.74) is 1.21. The van der Waals surface area contributed by atoms with Gasteiger partial charge in [0.2, 0.25) is 0 Å². The van der Waals surface area contributed by atoms with Gasteiger partial charge in [0.1, 0.15) is 17.9 Å². The molecule has 0 aliphatic rings. The molecule has 0 spiro atoms. The summed E-state index contributed by atoms with van der Waals surface area (Å²) in [5, 5.41) is 10.9. The van der Waals surface area contributed by atoms with Crippen LogP contribution >= 0.6 is 34.7 Å². The summed E-state index contributed by atoms with van der Waals surface area (Å²) in [7, 11) is 0. The average Bonchev–Trinajstić information content (AvgIpc) is 3.11. The lowest BCUT2D eigenvalue weighted by Crippen LogP contribution is -2.21. The van der Waals surface area contributed by atoms with Gasteiger partial charge in [-0.25, -0.2) is 9.78 Å². The van der Waals surface area contributed by atoms with Gasteiger partial charge in [-0.3, -0.25) is 0 Å². The van der Waals surface area contributed by atoms with Crippen LogP contribution in [0.15, 0.2) is 46.8 Å². The number of carbonyl (C=O) groups excluding carboxylic acids is 1. The lowest BCUT2D eigenvalue weighted by Gasteiger charge is -2.14. The number of aliphatic hydroxyl groups excluding tert-OH is 1. The second kappa shape index (κ2) is 10.3. The Hall–Kier alpha value is -1.80. The van der Waals surface area contributed by atoms with Crippen LogP contribution in [0.1, 0.15) is 24.2 Å². The highest BCUT2D eigenvalue weighted by Gasteiger charge is 2.16. The number of aliphatic hydroxyl groups is 1. The normalized spacial score (nSPS) is 12.3. The molecular formula is C21H22ClNO4S2. The van der Waals surface area contributed by atoms with Crippen LogP contribution < -0.4 is 4.74 Å². The maximum Gasteiger partial charge on any atom is 0.341 e. The number of nitrogens with zero attached hydrogens (tertiary/aromatic N) is 1. The predicted molar refractivity (Wildman–Crippen MR) is 118 cm³/mol. The minimum atomic E-state index is -0.713. The highest BCUT2D eigenvalue weighted by Crippen LogP contribution is 2.31. The molecule has 1 atom stereocenters. The molecule has 1 aromatic heterocycles. The van der Waals surface area contributed by atoms with Gasteiger partial charge in [-0.15, -0.1) is 11.3 Å². The number of ether oxygens (including phenoxy) is 2. The number of aromatic nitrogens is 1. The van der Waals surface area contributed by atoms with Gasteiger partial charge in [0.25, 0.3) is 0 Å². The van der Waals surface area contributed by atoms with Crippen molar-refractivity contribution < 1.29 is 19.4 Å². The summed E-state index contributed by atoms with van der Waals surface area (Å²) in [5.74, 6) is 0.656. The van der Waals surface area contributed by atoms with Crippen LogP contribution in [0.2, 0.25) is 5.02 Å². The standard InChI is InChI=1S/C21H22ClNO4S2/c1-13(2)10-27-20(25)16-5-3-4-6-18(16)26-11-15(24)12-28-21-23-17-9-14(22)7-8-19(17)29-21/h3-9,13,15,24H,10-12H2,1-2H3. The molecule has 1 N–H and O–H groups in total. The number of para-hydroxylation sites is 1. The molecule has 3 aromatic rings. The Bertz CT molecular complexity index is 976. The molecule has 8 heteroatoms. The summed E-state index contributed by atoms with van der Waals surface area (Å²) < 4.78 is 12.9. The smallest absolute Gasteiger partial charge is 0.341 e. The summed E-state index contributed by atoms with van der Waals surface area (Å²) >= 11 is 9.01. The van der Waals surface area contributed by atoms with Crippen LogP contribution in [0.4, 0.5) is 0 Å². The van der Waals surface area contributed by atoms with Gasteiger partial charge >= 0.3 is 5.97 Å². The van der Waals surface area contributed by atoms with Crippen LogP contribution in [0, 0.1) is 5.92 Å². The lowest BCUT2D eigenvalue weighted by molar-refractivity contribution is 0.0450. The number of thioether (sulfide) groups is 1. The fourth-order valence-corrected chi connectivity index (χ4v) is 4.57. The van der Waals surface area contributed by atoms with E-state index in [2.05, 4.69) is 4.98 Å². The second-order valence-electron chi connectivity index (χ2n) is 6.86. The third kappa shape index (κ3) is 6.34. The molecule has 1 heterocycles. The number of hydrogen-bond donors (Lipinski definition) is 1. The van der Waals surface area contributed by atoms with Gasteiger partial charge in [-0.1, -0.05) is 49.3 Å². The van der Waals surface area contributed by atoms with E-state index in [9.17, 15) is 9.90 Å². The Morgan fingerprint density at radius 3 is 2.83 bits per heavy atom. The lowest BCUT2D eigenvalue weighted by atomic mass is 10.2. The highest BCUT2D eigenvalue weighted by molar-refractivity contribution is 8.01. The first-order valence-corrected chi connectivity index (χ1v) is 11.4. The number of thiazole rings is 1. The molecule has 3 rings (SSSR count). The zero-order valence-electron chi connectivity index (χ0n) is 16.1. The fraction of sp³-hybridized carbons (Fsp3) is 0.333. The van der Waals surface area contributed by atoms with Crippen molar-refractivity contribution in [1.29, 1.82) is 0 Å². The van der Waals surface area contributed by atoms with E-state index >= 15 is 0 Å². The number of benzene rings is 2. The van der Waals surface area contributed by atoms with Crippen molar-refractivity contribution in [2.45, 2.75) is 24.3 Å². The number of fused-ring (bicyclic) bond motifs is 1. The topological polar surface area (TPSA) is 68.7 Å². The van der Waals surface area contributed by atoms with Crippen molar-refractivity contribution in [3.8, 4) is 5.75 Å². The van der Waals surface area contributed by atoms with E-state index in [1.165, 1.54) is 11.8 Å². The molecule has 0 saturated heterocycles. The first-order chi connectivity index (χ1) is 13.9. The Morgan fingerprint density at radius 1 is 1.24 bits per heavy atom. The third-order valence-electron chi connectivity index (χ3n) is 3.82. The summed E-state index contributed by atoms with van der Waals surface area (Å²) in [6, 6.07) is 12.5. The molecule has 0 amide bonds. The molecule has 1 unspecified atom stereocenters. The molecule has 0 aliphatic heterocycles. The average molecular weight is 452 g/mol. The molecular weight excluding hydrogens is 430 g/mol. The largest absolute Gasteiger partial charge is 0.490 e. The fourth-order valence-electron chi connectivity index (χ4n) is 2.42. The van der Waals surface area contributed by atoms with Gasteiger partial charge in [-0.2, -0.15) is 0 Å². The van der Waals surface area contributed by atoms with E-state index in [0.717, 1.165) is 14.6 Å². The molecule has 2 aromatic carbocycles. The van der Waals surface area contributed by atoms with E-state index in [0.29, 0.717) is 28.7 Å². The van der Waals surface area contributed by atoms with Gasteiger partial charge in [0, 0.05) is 10.8 Å². The Labute approximate surface area is 183 Å². The zero-order chi connectivity index (χ0) is 20.8. The van der Waals surface area contributed by atoms with E-state index in [4.69, 9.17) is 21.1 Å². The summed E-state index contributed by atoms with van der Waals surface area (Å²) in [6.45, 7) is 4.37. The number of hydrogen-bond acceptors (Lipinski definition) is 7. The molecule has 0 aliphatic carbocycles. The minimum Gasteiger partial charge on any atom is -0.490 e. The Kier molecular flexibility index (Phi) is 7.77. The van der Waals surface area contributed by atoms with Crippen molar-refractivity contribution >= 4 is 50.9 Å². The van der Waals surface area contributed by atoms with E-state index in [1.807, 2.05) is 32.0 Å². The molecule has 154 valence electrons. The van der Waals surface area contributed by atoms with Crippen molar-refractivity contribution in [3.63, 3.8) is 0 Å². The Balaban J connectivity index is 1.53. The van der Waals surface area contributed by atoms with E-state index < -0.39 is 12.1 Å². The van der Waals surface area contributed by atoms with Crippen molar-refractivity contribution in [2.24, 2.45) is 5.92 Å². The summed E-state index contributed by atoms with van der Waals surface area (Å²) in [6.07, 6.45) is -0.713. The Morgan fingerprint density at radius 2 is 2.03 bits per heavy atom. The van der Waals surface area contributed by atoms with E-state index in [-0.39, 0.29) is 12.5 Å². The van der Waals surface area contributed by atoms with Gasteiger partial charge in [0.05, 0.1) is 22.9 Å². The molecule has 0 bridgehead atoms. The van der Waals surface area contributed by atoms with Gasteiger partial charge in [0.15, 0.2) is 4.34 Å². The maximum absolute atomic E-state index is 12.2. The maximum atomic E-state index is 12.2. The first kappa shape index (κ1) is 21.9. The molecule has 0 radical (unpaired) electrons. The molecule has 29 heavy (non-hydrogen) atoms. The third-order valence-corrected chi connectivity index (χ3v) is 6.37.